The Labute approximate surface area is 132 Å². The molecule has 1 N–H and O–H groups in total. The van der Waals surface area contributed by atoms with E-state index in [2.05, 4.69) is 46.8 Å². The number of Topliss-reactive ketones (excluding diaryl/α,β-unsaturated/α-hetero) is 1. The van der Waals surface area contributed by atoms with E-state index in [0.717, 1.165) is 54.9 Å². The number of hydrogen-bond donors (Lipinski definition) is 1. The first-order valence-corrected chi connectivity index (χ1v) is 8.15. The number of aromatic nitrogens is 1. The van der Waals surface area contributed by atoms with Gasteiger partial charge in [-0.05, 0) is 32.0 Å². The molecule has 0 radical (unpaired) electrons. The molecule has 22 heavy (non-hydrogen) atoms. The van der Waals surface area contributed by atoms with Crippen molar-refractivity contribution in [3.63, 3.8) is 0 Å². The largest absolute Gasteiger partial charge is 0.358 e. The number of ketones is 1. The van der Waals surface area contributed by atoms with Crippen LogP contribution in [0.3, 0.4) is 0 Å². The van der Waals surface area contributed by atoms with Crippen molar-refractivity contribution in [3.8, 4) is 0 Å². The van der Waals surface area contributed by atoms with Gasteiger partial charge in [0.05, 0.1) is 6.54 Å². The summed E-state index contributed by atoms with van der Waals surface area (Å²) in [5.74, 6) is 0.234. The number of nitrogens with zero attached hydrogens (tertiary/aromatic N) is 2. The van der Waals surface area contributed by atoms with Gasteiger partial charge < -0.3 is 9.88 Å². The van der Waals surface area contributed by atoms with Crippen molar-refractivity contribution in [1.29, 1.82) is 0 Å². The molecule has 0 saturated carbocycles. The highest BCUT2D eigenvalue weighted by Gasteiger charge is 2.21. The van der Waals surface area contributed by atoms with Crippen LogP contribution in [0.15, 0.2) is 18.2 Å². The van der Waals surface area contributed by atoms with Crippen molar-refractivity contribution >= 4 is 16.7 Å². The molecule has 1 saturated heterocycles. The lowest BCUT2D eigenvalue weighted by Crippen LogP contribution is -2.47. The molecule has 1 aliphatic rings. The maximum Gasteiger partial charge on any atom is 0.179 e. The lowest BCUT2D eigenvalue weighted by Gasteiger charge is -2.33. The molecule has 0 amide bonds. The molecule has 2 heterocycles. The van der Waals surface area contributed by atoms with Crippen molar-refractivity contribution in [2.75, 3.05) is 39.3 Å². The van der Waals surface area contributed by atoms with E-state index in [9.17, 15) is 4.79 Å². The summed E-state index contributed by atoms with van der Waals surface area (Å²) < 4.78 is 0. The zero-order chi connectivity index (χ0) is 15.7. The Morgan fingerprint density at radius 1 is 1.14 bits per heavy atom. The van der Waals surface area contributed by atoms with Crippen LogP contribution in [0.25, 0.3) is 10.9 Å². The summed E-state index contributed by atoms with van der Waals surface area (Å²) >= 11 is 0. The first-order valence-electron chi connectivity index (χ1n) is 8.15. The molecule has 1 aromatic heterocycles. The normalized spacial score (nSPS) is 17.2. The maximum absolute atomic E-state index is 12.8. The number of piperazine rings is 1. The summed E-state index contributed by atoms with van der Waals surface area (Å²) in [6.07, 6.45) is 0. The minimum Gasteiger partial charge on any atom is -0.358 e. The number of H-pyrrole nitrogens is 1. The van der Waals surface area contributed by atoms with Crippen LogP contribution in [0.1, 0.15) is 28.5 Å². The number of carbonyl (C=O) groups excluding carboxylic acids is 1. The Balaban J connectivity index is 1.77. The van der Waals surface area contributed by atoms with Crippen molar-refractivity contribution in [2.45, 2.75) is 20.8 Å². The fourth-order valence-corrected chi connectivity index (χ4v) is 3.35. The van der Waals surface area contributed by atoms with E-state index in [0.29, 0.717) is 6.54 Å². The molecule has 118 valence electrons. The number of benzene rings is 1. The summed E-state index contributed by atoms with van der Waals surface area (Å²) in [6.45, 7) is 12.0. The van der Waals surface area contributed by atoms with E-state index in [4.69, 9.17) is 0 Å². The predicted octanol–water partition coefficient (Wildman–Crippen LogP) is 2.60. The third kappa shape index (κ3) is 2.94. The molecule has 1 aromatic carbocycles. The summed E-state index contributed by atoms with van der Waals surface area (Å²) in [5.41, 5.74) is 4.13. The number of aromatic amines is 1. The predicted molar refractivity (Wildman–Crippen MR) is 90.7 cm³/mol. The van der Waals surface area contributed by atoms with Gasteiger partial charge in [-0.15, -0.1) is 0 Å². The molecule has 0 unspecified atom stereocenters. The number of carbonyl (C=O) groups is 1. The minimum absolute atomic E-state index is 0.234. The molecule has 4 nitrogen and oxygen atoms in total. The van der Waals surface area contributed by atoms with Crippen LogP contribution >= 0.6 is 0 Å². The standard InChI is InChI=1S/C18H25N3O/c1-4-20-7-9-21(10-8-20)12-17(22)18-14(3)19-16-11-13(2)5-6-15(16)18/h5-6,11,19H,4,7-10,12H2,1-3H3. The minimum atomic E-state index is 0.234. The van der Waals surface area contributed by atoms with Crippen molar-refractivity contribution < 1.29 is 4.79 Å². The summed E-state index contributed by atoms with van der Waals surface area (Å²) in [7, 11) is 0. The van der Waals surface area contributed by atoms with E-state index in [1.807, 2.05) is 6.92 Å². The van der Waals surface area contributed by atoms with Gasteiger partial charge in [0, 0.05) is 48.3 Å². The topological polar surface area (TPSA) is 39.3 Å². The Kier molecular flexibility index (Phi) is 4.32. The van der Waals surface area contributed by atoms with Gasteiger partial charge in [0.25, 0.3) is 0 Å². The lowest BCUT2D eigenvalue weighted by atomic mass is 10.0. The Morgan fingerprint density at radius 2 is 1.82 bits per heavy atom. The van der Waals surface area contributed by atoms with Gasteiger partial charge in [0.2, 0.25) is 0 Å². The smallest absolute Gasteiger partial charge is 0.179 e. The number of nitrogens with one attached hydrogen (secondary N) is 1. The van der Waals surface area contributed by atoms with E-state index >= 15 is 0 Å². The Morgan fingerprint density at radius 3 is 2.50 bits per heavy atom. The summed E-state index contributed by atoms with van der Waals surface area (Å²) in [4.78, 5) is 20.8. The second-order valence-corrected chi connectivity index (χ2v) is 6.31. The fourth-order valence-electron chi connectivity index (χ4n) is 3.35. The van der Waals surface area contributed by atoms with E-state index in [1.54, 1.807) is 0 Å². The zero-order valence-electron chi connectivity index (χ0n) is 13.8. The fraction of sp³-hybridized carbons (Fsp3) is 0.500. The highest BCUT2D eigenvalue weighted by Crippen LogP contribution is 2.24. The molecule has 4 heteroatoms. The third-order valence-corrected chi connectivity index (χ3v) is 4.70. The van der Waals surface area contributed by atoms with Gasteiger partial charge in [-0.25, -0.2) is 0 Å². The van der Waals surface area contributed by atoms with E-state index in [1.165, 1.54) is 5.56 Å². The average Bonchev–Trinajstić information content (AvgIpc) is 2.83. The molecule has 1 fully saturated rings. The number of aryl methyl sites for hydroxylation is 2. The highest BCUT2D eigenvalue weighted by atomic mass is 16.1. The van der Waals surface area contributed by atoms with Gasteiger partial charge >= 0.3 is 0 Å². The quantitative estimate of drug-likeness (QED) is 0.882. The first-order chi connectivity index (χ1) is 10.6. The number of likely N-dealkylation sites (N-methyl/N-ethyl adjacent to an activating group) is 1. The van der Waals surface area contributed by atoms with Crippen LogP contribution in [-0.2, 0) is 0 Å². The van der Waals surface area contributed by atoms with Gasteiger partial charge in [0.15, 0.2) is 5.78 Å². The van der Waals surface area contributed by atoms with Gasteiger partial charge in [-0.3, -0.25) is 9.69 Å². The molecule has 1 aliphatic heterocycles. The highest BCUT2D eigenvalue weighted by molar-refractivity contribution is 6.10. The molecular weight excluding hydrogens is 274 g/mol. The van der Waals surface area contributed by atoms with Crippen LogP contribution in [-0.4, -0.2) is 59.8 Å². The second kappa shape index (κ2) is 6.23. The first kappa shape index (κ1) is 15.3. The van der Waals surface area contributed by atoms with E-state index in [-0.39, 0.29) is 5.78 Å². The third-order valence-electron chi connectivity index (χ3n) is 4.70. The van der Waals surface area contributed by atoms with E-state index < -0.39 is 0 Å². The molecule has 0 aliphatic carbocycles. The van der Waals surface area contributed by atoms with Crippen LogP contribution < -0.4 is 0 Å². The van der Waals surface area contributed by atoms with Crippen LogP contribution in [0.4, 0.5) is 0 Å². The van der Waals surface area contributed by atoms with Crippen LogP contribution in [0, 0.1) is 13.8 Å². The molecule has 0 spiro atoms. The number of fused-ring (bicyclic) bond motifs is 1. The van der Waals surface area contributed by atoms with Crippen LogP contribution in [0.5, 0.6) is 0 Å². The molecule has 3 rings (SSSR count). The molecular formula is C18H25N3O. The number of hydrogen-bond acceptors (Lipinski definition) is 3. The van der Waals surface area contributed by atoms with Crippen molar-refractivity contribution in [1.82, 2.24) is 14.8 Å². The maximum atomic E-state index is 12.8. The average molecular weight is 299 g/mol. The monoisotopic (exact) mass is 299 g/mol. The second-order valence-electron chi connectivity index (χ2n) is 6.31. The zero-order valence-corrected chi connectivity index (χ0v) is 13.8. The Hall–Kier alpha value is -1.65. The van der Waals surface area contributed by atoms with Gasteiger partial charge in [-0.1, -0.05) is 19.1 Å². The van der Waals surface area contributed by atoms with Crippen molar-refractivity contribution in [3.05, 3.63) is 35.0 Å². The molecule has 2 aromatic rings. The summed E-state index contributed by atoms with van der Waals surface area (Å²) in [6, 6.07) is 6.25. The molecule has 0 bridgehead atoms. The van der Waals surface area contributed by atoms with Gasteiger partial charge in [0.1, 0.15) is 0 Å². The SMILES string of the molecule is CCN1CCN(CC(=O)c2c(C)[nH]c3cc(C)ccc23)CC1. The van der Waals surface area contributed by atoms with Crippen molar-refractivity contribution in [2.24, 2.45) is 0 Å². The molecule has 0 atom stereocenters. The lowest BCUT2D eigenvalue weighted by molar-refractivity contribution is 0.0860. The number of rotatable bonds is 4. The van der Waals surface area contributed by atoms with Crippen LogP contribution in [0.2, 0.25) is 0 Å². The summed E-state index contributed by atoms with van der Waals surface area (Å²) in [5, 5.41) is 1.06. The Bertz CT molecular complexity index is 681. The van der Waals surface area contributed by atoms with Gasteiger partial charge in [-0.2, -0.15) is 0 Å².